The maximum Gasteiger partial charge on any atom is 0.0221 e. The smallest absolute Gasteiger partial charge is 0.0221 e. The Bertz CT molecular complexity index is 251. The normalized spacial score (nSPS) is 39.2. The van der Waals surface area contributed by atoms with Crippen LogP contribution in [0.2, 0.25) is 0 Å². The van der Waals surface area contributed by atoms with Gasteiger partial charge in [-0.05, 0) is 50.0 Å². The molecule has 2 rings (SSSR count). The maximum absolute atomic E-state index is 6.01. The van der Waals surface area contributed by atoms with Crippen molar-refractivity contribution < 1.29 is 0 Å². The van der Waals surface area contributed by atoms with E-state index in [0.29, 0.717) is 6.04 Å². The molecule has 0 bridgehead atoms. The van der Waals surface area contributed by atoms with E-state index in [4.69, 9.17) is 5.73 Å². The van der Waals surface area contributed by atoms with Gasteiger partial charge in [-0.2, -0.15) is 0 Å². The summed E-state index contributed by atoms with van der Waals surface area (Å²) in [6, 6.07) is 1.47. The van der Waals surface area contributed by atoms with E-state index < -0.39 is 0 Å². The SMILES string of the molecule is CC1CCC(C(C)C)C(N2CCCCC2CN)C1. The van der Waals surface area contributed by atoms with Gasteiger partial charge >= 0.3 is 0 Å². The summed E-state index contributed by atoms with van der Waals surface area (Å²) in [5.74, 6) is 2.63. The van der Waals surface area contributed by atoms with Crippen LogP contribution in [-0.2, 0) is 0 Å². The molecule has 4 atom stereocenters. The Morgan fingerprint density at radius 1 is 1.17 bits per heavy atom. The van der Waals surface area contributed by atoms with Gasteiger partial charge in [-0.25, -0.2) is 0 Å². The largest absolute Gasteiger partial charge is 0.329 e. The summed E-state index contributed by atoms with van der Waals surface area (Å²) < 4.78 is 0. The molecular weight excluding hydrogens is 220 g/mol. The van der Waals surface area contributed by atoms with Crippen molar-refractivity contribution in [2.45, 2.75) is 71.4 Å². The van der Waals surface area contributed by atoms with Crippen molar-refractivity contribution in [1.29, 1.82) is 0 Å². The summed E-state index contributed by atoms with van der Waals surface area (Å²) in [5.41, 5.74) is 6.01. The molecule has 0 spiro atoms. The Morgan fingerprint density at radius 2 is 1.94 bits per heavy atom. The third-order valence-electron chi connectivity index (χ3n) is 5.36. The van der Waals surface area contributed by atoms with Crippen LogP contribution >= 0.6 is 0 Å². The summed E-state index contributed by atoms with van der Waals surface area (Å²) in [6.07, 6.45) is 8.35. The third-order valence-corrected chi connectivity index (χ3v) is 5.36. The molecule has 2 heteroatoms. The van der Waals surface area contributed by atoms with Gasteiger partial charge in [0, 0.05) is 18.6 Å². The van der Waals surface area contributed by atoms with Gasteiger partial charge in [-0.1, -0.05) is 33.6 Å². The van der Waals surface area contributed by atoms with Gasteiger partial charge in [-0.3, -0.25) is 4.90 Å². The molecule has 1 saturated heterocycles. The van der Waals surface area contributed by atoms with Crippen LogP contribution in [0.4, 0.5) is 0 Å². The molecule has 0 radical (unpaired) electrons. The highest BCUT2D eigenvalue weighted by Gasteiger charge is 2.37. The van der Waals surface area contributed by atoms with Crippen molar-refractivity contribution in [3.63, 3.8) is 0 Å². The van der Waals surface area contributed by atoms with Crippen molar-refractivity contribution in [2.75, 3.05) is 13.1 Å². The molecule has 2 N–H and O–H groups in total. The Balaban J connectivity index is 2.10. The molecule has 1 aliphatic heterocycles. The fourth-order valence-electron chi connectivity index (χ4n) is 4.25. The Morgan fingerprint density at radius 3 is 2.61 bits per heavy atom. The second kappa shape index (κ2) is 6.38. The molecule has 1 aliphatic carbocycles. The molecule has 0 aromatic rings. The topological polar surface area (TPSA) is 29.3 Å². The first-order valence-electron chi connectivity index (χ1n) is 8.09. The van der Waals surface area contributed by atoms with Crippen molar-refractivity contribution >= 4 is 0 Å². The van der Waals surface area contributed by atoms with Crippen molar-refractivity contribution in [3.05, 3.63) is 0 Å². The predicted molar refractivity (Wildman–Crippen MR) is 78.5 cm³/mol. The van der Waals surface area contributed by atoms with Crippen LogP contribution in [-0.4, -0.2) is 30.1 Å². The number of rotatable bonds is 3. The molecule has 0 aromatic heterocycles. The van der Waals surface area contributed by atoms with E-state index in [0.717, 1.165) is 30.3 Å². The van der Waals surface area contributed by atoms with Crippen LogP contribution in [0, 0.1) is 17.8 Å². The number of nitrogens with zero attached hydrogens (tertiary/aromatic N) is 1. The summed E-state index contributed by atoms with van der Waals surface area (Å²) >= 11 is 0. The minimum absolute atomic E-state index is 0.662. The van der Waals surface area contributed by atoms with Gasteiger partial charge < -0.3 is 5.73 Å². The highest BCUT2D eigenvalue weighted by molar-refractivity contribution is 4.91. The van der Waals surface area contributed by atoms with Gasteiger partial charge in [0.2, 0.25) is 0 Å². The van der Waals surface area contributed by atoms with Crippen molar-refractivity contribution in [1.82, 2.24) is 4.90 Å². The van der Waals surface area contributed by atoms with Crippen molar-refractivity contribution in [2.24, 2.45) is 23.5 Å². The van der Waals surface area contributed by atoms with Gasteiger partial charge in [-0.15, -0.1) is 0 Å². The van der Waals surface area contributed by atoms with Gasteiger partial charge in [0.15, 0.2) is 0 Å². The highest BCUT2D eigenvalue weighted by atomic mass is 15.2. The number of nitrogens with two attached hydrogens (primary N) is 1. The molecule has 18 heavy (non-hydrogen) atoms. The van der Waals surface area contributed by atoms with E-state index in [1.54, 1.807) is 0 Å². The average molecular weight is 252 g/mol. The first-order valence-corrected chi connectivity index (χ1v) is 8.09. The monoisotopic (exact) mass is 252 g/mol. The van der Waals surface area contributed by atoms with Crippen molar-refractivity contribution in [3.8, 4) is 0 Å². The minimum Gasteiger partial charge on any atom is -0.329 e. The van der Waals surface area contributed by atoms with E-state index in [2.05, 4.69) is 25.7 Å². The van der Waals surface area contributed by atoms with E-state index in [9.17, 15) is 0 Å². The zero-order valence-corrected chi connectivity index (χ0v) is 12.6. The number of hydrogen-bond acceptors (Lipinski definition) is 2. The fraction of sp³-hybridized carbons (Fsp3) is 1.00. The zero-order chi connectivity index (χ0) is 13.1. The molecule has 4 unspecified atom stereocenters. The molecule has 2 aliphatic rings. The molecular formula is C16H32N2. The molecule has 2 nitrogen and oxygen atoms in total. The molecule has 0 aromatic carbocycles. The van der Waals surface area contributed by atoms with E-state index in [1.807, 2.05) is 0 Å². The Hall–Kier alpha value is -0.0800. The van der Waals surface area contributed by atoms with E-state index in [1.165, 1.54) is 45.1 Å². The van der Waals surface area contributed by atoms with Gasteiger partial charge in [0.05, 0.1) is 0 Å². The van der Waals surface area contributed by atoms with Crippen LogP contribution in [0.3, 0.4) is 0 Å². The van der Waals surface area contributed by atoms with Crippen LogP contribution in [0.15, 0.2) is 0 Å². The standard InChI is InChI=1S/C16H32N2/c1-12(2)15-8-7-13(3)10-16(15)18-9-5-4-6-14(18)11-17/h12-16H,4-11,17H2,1-3H3. The first-order chi connectivity index (χ1) is 8.63. The molecule has 1 saturated carbocycles. The number of hydrogen-bond donors (Lipinski definition) is 1. The highest BCUT2D eigenvalue weighted by Crippen LogP contribution is 2.38. The van der Waals surface area contributed by atoms with Crippen LogP contribution in [0.1, 0.15) is 59.3 Å². The maximum atomic E-state index is 6.01. The van der Waals surface area contributed by atoms with Gasteiger partial charge in [0.1, 0.15) is 0 Å². The second-order valence-electron chi connectivity index (χ2n) is 7.02. The van der Waals surface area contributed by atoms with E-state index >= 15 is 0 Å². The fourth-order valence-corrected chi connectivity index (χ4v) is 4.25. The summed E-state index contributed by atoms with van der Waals surface area (Å²) in [6.45, 7) is 9.41. The minimum atomic E-state index is 0.662. The third kappa shape index (κ3) is 3.08. The molecule has 0 amide bonds. The summed E-state index contributed by atoms with van der Waals surface area (Å²) in [5, 5.41) is 0. The van der Waals surface area contributed by atoms with Crippen LogP contribution in [0.5, 0.6) is 0 Å². The second-order valence-corrected chi connectivity index (χ2v) is 7.02. The Labute approximate surface area is 113 Å². The average Bonchev–Trinajstić information content (AvgIpc) is 2.38. The number of piperidine rings is 1. The molecule has 2 fully saturated rings. The van der Waals surface area contributed by atoms with E-state index in [-0.39, 0.29) is 0 Å². The lowest BCUT2D eigenvalue weighted by Gasteiger charge is -2.48. The summed E-state index contributed by atoms with van der Waals surface area (Å²) in [7, 11) is 0. The zero-order valence-electron chi connectivity index (χ0n) is 12.6. The van der Waals surface area contributed by atoms with Gasteiger partial charge in [0.25, 0.3) is 0 Å². The molecule has 1 heterocycles. The first kappa shape index (κ1) is 14.3. The van der Waals surface area contributed by atoms with Crippen LogP contribution in [0.25, 0.3) is 0 Å². The lowest BCUT2D eigenvalue weighted by atomic mass is 9.72. The summed E-state index contributed by atoms with van der Waals surface area (Å²) in [4.78, 5) is 2.80. The number of likely N-dealkylation sites (tertiary alicyclic amines) is 1. The quantitative estimate of drug-likeness (QED) is 0.835. The lowest BCUT2D eigenvalue weighted by Crippen LogP contribution is -2.54. The lowest BCUT2D eigenvalue weighted by molar-refractivity contribution is 0.0131. The predicted octanol–water partition coefficient (Wildman–Crippen LogP) is 3.26. The Kier molecular flexibility index (Phi) is 5.08. The van der Waals surface area contributed by atoms with Crippen LogP contribution < -0.4 is 5.73 Å². The molecule has 106 valence electrons.